The quantitative estimate of drug-likeness (QED) is 0.847. The molecule has 1 atom stereocenters. The molecule has 0 aliphatic heterocycles. The molecule has 3 rings (SSSR count). The lowest BCUT2D eigenvalue weighted by Crippen LogP contribution is -2.31. The van der Waals surface area contributed by atoms with Crippen molar-refractivity contribution in [3.63, 3.8) is 0 Å². The van der Waals surface area contributed by atoms with Crippen LogP contribution in [0.2, 0.25) is 5.15 Å². The lowest BCUT2D eigenvalue weighted by molar-refractivity contribution is 0.285. The van der Waals surface area contributed by atoms with Crippen molar-refractivity contribution < 1.29 is 0 Å². The molecule has 0 amide bonds. The molecular weight excluding hydrogens is 270 g/mol. The van der Waals surface area contributed by atoms with E-state index in [4.69, 9.17) is 11.6 Å². The van der Waals surface area contributed by atoms with Crippen molar-refractivity contribution in [1.29, 1.82) is 0 Å². The second-order valence-electron chi connectivity index (χ2n) is 5.39. The lowest BCUT2D eigenvalue weighted by atomic mass is 9.80. The maximum atomic E-state index is 6.12. The highest BCUT2D eigenvalue weighted by molar-refractivity contribution is 6.29. The summed E-state index contributed by atoms with van der Waals surface area (Å²) in [6.45, 7) is 2.21. The summed E-state index contributed by atoms with van der Waals surface area (Å²) in [6.07, 6.45) is 3.95. The fourth-order valence-electron chi connectivity index (χ4n) is 2.50. The van der Waals surface area contributed by atoms with E-state index >= 15 is 0 Å². The Morgan fingerprint density at radius 3 is 2.60 bits per heavy atom. The Morgan fingerprint density at radius 1 is 1.20 bits per heavy atom. The molecule has 0 bridgehead atoms. The monoisotopic (exact) mass is 287 g/mol. The van der Waals surface area contributed by atoms with Crippen LogP contribution in [0, 0.1) is 5.92 Å². The van der Waals surface area contributed by atoms with E-state index < -0.39 is 0 Å². The van der Waals surface area contributed by atoms with Crippen LogP contribution in [0.25, 0.3) is 11.4 Å². The molecule has 104 valence electrons. The predicted octanol–water partition coefficient (Wildman–Crippen LogP) is 4.40. The third-order valence-corrected chi connectivity index (χ3v) is 4.15. The number of hydrogen-bond donors (Lipinski definition) is 1. The van der Waals surface area contributed by atoms with E-state index in [1.165, 1.54) is 19.3 Å². The zero-order chi connectivity index (χ0) is 13.9. The summed E-state index contributed by atoms with van der Waals surface area (Å²) in [7, 11) is 0. The fraction of sp³-hybridized carbons (Fsp3) is 0.375. The molecule has 1 N–H and O–H groups in total. The van der Waals surface area contributed by atoms with Crippen LogP contribution in [0.4, 0.5) is 5.82 Å². The summed E-state index contributed by atoms with van der Waals surface area (Å²) in [5.74, 6) is 2.23. The molecule has 1 unspecified atom stereocenters. The van der Waals surface area contributed by atoms with Crippen molar-refractivity contribution in [2.45, 2.75) is 32.2 Å². The molecule has 3 nitrogen and oxygen atoms in total. The minimum Gasteiger partial charge on any atom is -0.367 e. The first-order valence-electron chi connectivity index (χ1n) is 7.09. The Morgan fingerprint density at radius 2 is 1.95 bits per heavy atom. The Kier molecular flexibility index (Phi) is 3.88. The molecule has 0 spiro atoms. The first kappa shape index (κ1) is 13.4. The molecule has 1 saturated carbocycles. The smallest absolute Gasteiger partial charge is 0.163 e. The number of anilines is 1. The highest BCUT2D eigenvalue weighted by atomic mass is 35.5. The van der Waals surface area contributed by atoms with E-state index in [1.54, 1.807) is 6.07 Å². The Balaban J connectivity index is 1.83. The molecule has 1 heterocycles. The van der Waals surface area contributed by atoms with E-state index in [1.807, 2.05) is 30.3 Å². The van der Waals surface area contributed by atoms with Gasteiger partial charge < -0.3 is 5.32 Å². The van der Waals surface area contributed by atoms with Crippen molar-refractivity contribution in [3.8, 4) is 11.4 Å². The Hall–Kier alpha value is -1.61. The van der Waals surface area contributed by atoms with Crippen molar-refractivity contribution in [3.05, 3.63) is 41.6 Å². The van der Waals surface area contributed by atoms with Gasteiger partial charge in [0.15, 0.2) is 5.82 Å². The fourth-order valence-corrected chi connectivity index (χ4v) is 2.68. The number of hydrogen-bond acceptors (Lipinski definition) is 3. The first-order chi connectivity index (χ1) is 9.72. The summed E-state index contributed by atoms with van der Waals surface area (Å²) in [6, 6.07) is 12.1. The van der Waals surface area contributed by atoms with Gasteiger partial charge in [0, 0.05) is 17.7 Å². The van der Waals surface area contributed by atoms with Gasteiger partial charge in [0.25, 0.3) is 0 Å². The average Bonchev–Trinajstić information content (AvgIpc) is 2.37. The molecule has 4 heteroatoms. The third kappa shape index (κ3) is 2.93. The van der Waals surface area contributed by atoms with Crippen LogP contribution in [0.3, 0.4) is 0 Å². The molecule has 1 aliphatic carbocycles. The van der Waals surface area contributed by atoms with Crippen LogP contribution in [-0.4, -0.2) is 16.0 Å². The second kappa shape index (κ2) is 5.80. The van der Waals surface area contributed by atoms with Gasteiger partial charge in [-0.05, 0) is 25.7 Å². The lowest BCUT2D eigenvalue weighted by Gasteiger charge is -2.32. The van der Waals surface area contributed by atoms with Gasteiger partial charge in [0.2, 0.25) is 0 Å². The molecule has 20 heavy (non-hydrogen) atoms. The van der Waals surface area contributed by atoms with E-state index in [9.17, 15) is 0 Å². The predicted molar refractivity (Wildman–Crippen MR) is 82.9 cm³/mol. The maximum Gasteiger partial charge on any atom is 0.163 e. The van der Waals surface area contributed by atoms with Gasteiger partial charge >= 0.3 is 0 Å². The molecule has 1 aliphatic rings. The van der Waals surface area contributed by atoms with Gasteiger partial charge in [-0.3, -0.25) is 0 Å². The Labute approximate surface area is 124 Å². The molecule has 0 radical (unpaired) electrons. The largest absolute Gasteiger partial charge is 0.367 e. The summed E-state index contributed by atoms with van der Waals surface area (Å²) in [4.78, 5) is 8.88. The molecule has 1 aromatic heterocycles. The van der Waals surface area contributed by atoms with E-state index in [0.717, 1.165) is 17.3 Å². The number of nitrogens with zero attached hydrogens (tertiary/aromatic N) is 2. The molecular formula is C16H18ClN3. The summed E-state index contributed by atoms with van der Waals surface area (Å²) < 4.78 is 0. The van der Waals surface area contributed by atoms with Crippen LogP contribution in [0.5, 0.6) is 0 Å². The van der Waals surface area contributed by atoms with E-state index in [-0.39, 0.29) is 0 Å². The minimum atomic E-state index is 0.429. The van der Waals surface area contributed by atoms with E-state index in [2.05, 4.69) is 22.2 Å². The highest BCUT2D eigenvalue weighted by Crippen LogP contribution is 2.31. The van der Waals surface area contributed by atoms with Crippen molar-refractivity contribution in [1.82, 2.24) is 9.97 Å². The normalized spacial score (nSPS) is 16.5. The van der Waals surface area contributed by atoms with E-state index in [0.29, 0.717) is 17.0 Å². The average molecular weight is 288 g/mol. The van der Waals surface area contributed by atoms with Crippen LogP contribution in [0.1, 0.15) is 26.2 Å². The van der Waals surface area contributed by atoms with Gasteiger partial charge in [0.05, 0.1) is 0 Å². The minimum absolute atomic E-state index is 0.429. The maximum absolute atomic E-state index is 6.12. The SMILES string of the molecule is CC(Nc1cc(Cl)nc(-c2ccccc2)n1)C1CCC1. The summed E-state index contributed by atoms with van der Waals surface area (Å²) >= 11 is 6.12. The molecule has 0 saturated heterocycles. The molecule has 2 aromatic rings. The first-order valence-corrected chi connectivity index (χ1v) is 7.47. The topological polar surface area (TPSA) is 37.8 Å². The van der Waals surface area contributed by atoms with Crippen molar-refractivity contribution >= 4 is 17.4 Å². The van der Waals surface area contributed by atoms with Gasteiger partial charge in [-0.25, -0.2) is 9.97 Å². The van der Waals surface area contributed by atoms with Crippen LogP contribution < -0.4 is 5.32 Å². The highest BCUT2D eigenvalue weighted by Gasteiger charge is 2.24. The molecule has 1 fully saturated rings. The standard InChI is InChI=1S/C16H18ClN3/c1-11(12-8-5-9-12)18-15-10-14(17)19-16(20-15)13-6-3-2-4-7-13/h2-4,6-7,10-12H,5,8-9H2,1H3,(H,18,19,20). The van der Waals surface area contributed by atoms with Gasteiger partial charge in [-0.1, -0.05) is 48.4 Å². The van der Waals surface area contributed by atoms with Crippen LogP contribution in [0.15, 0.2) is 36.4 Å². The zero-order valence-corrected chi connectivity index (χ0v) is 12.3. The number of aromatic nitrogens is 2. The van der Waals surface area contributed by atoms with Crippen molar-refractivity contribution in [2.24, 2.45) is 5.92 Å². The van der Waals surface area contributed by atoms with Crippen LogP contribution in [-0.2, 0) is 0 Å². The number of benzene rings is 1. The third-order valence-electron chi connectivity index (χ3n) is 3.96. The summed E-state index contributed by atoms with van der Waals surface area (Å²) in [5.41, 5.74) is 0.981. The zero-order valence-electron chi connectivity index (χ0n) is 11.5. The van der Waals surface area contributed by atoms with Gasteiger partial charge in [-0.2, -0.15) is 0 Å². The van der Waals surface area contributed by atoms with Crippen molar-refractivity contribution in [2.75, 3.05) is 5.32 Å². The Bertz CT molecular complexity index is 582. The van der Waals surface area contributed by atoms with Gasteiger partial charge in [0.1, 0.15) is 11.0 Å². The summed E-state index contributed by atoms with van der Waals surface area (Å²) in [5, 5.41) is 3.93. The number of nitrogens with one attached hydrogen (secondary N) is 1. The number of rotatable bonds is 4. The van der Waals surface area contributed by atoms with Gasteiger partial charge in [-0.15, -0.1) is 0 Å². The second-order valence-corrected chi connectivity index (χ2v) is 5.78. The van der Waals surface area contributed by atoms with Crippen LogP contribution >= 0.6 is 11.6 Å². The number of halogens is 1. The molecule has 1 aromatic carbocycles.